The van der Waals surface area contributed by atoms with Crippen molar-refractivity contribution in [2.45, 2.75) is 39.5 Å². The summed E-state index contributed by atoms with van der Waals surface area (Å²) < 4.78 is 5.12. The van der Waals surface area contributed by atoms with Crippen molar-refractivity contribution >= 4 is 76.2 Å². The summed E-state index contributed by atoms with van der Waals surface area (Å²) in [6.45, 7) is 9.19. The van der Waals surface area contributed by atoms with Crippen LogP contribution in [0.5, 0.6) is 0 Å². The Labute approximate surface area is 290 Å². The summed E-state index contributed by atoms with van der Waals surface area (Å²) in [6, 6.07) is 50.3. The molecule has 50 heavy (non-hydrogen) atoms. The molecule has 2 nitrogen and oxygen atoms in total. The number of benzene rings is 7. The Balaban J connectivity index is 1.38. The van der Waals surface area contributed by atoms with E-state index in [1.165, 1.54) is 110 Å². The smallest absolute Gasteiger partial charge is 0.0634 e. The van der Waals surface area contributed by atoms with E-state index in [1.54, 1.807) is 0 Å². The van der Waals surface area contributed by atoms with E-state index in [4.69, 9.17) is 0 Å². The minimum atomic E-state index is 0.442. The van der Waals surface area contributed by atoms with Gasteiger partial charge in [-0.2, -0.15) is 0 Å². The molecule has 0 saturated heterocycles. The molecule has 0 fully saturated rings. The van der Waals surface area contributed by atoms with Crippen LogP contribution in [0.25, 0.3) is 98.4 Å². The number of hydrogen-bond acceptors (Lipinski definition) is 0. The Morgan fingerprint density at radius 1 is 0.360 bits per heavy atom. The van der Waals surface area contributed by atoms with Crippen LogP contribution in [-0.2, 0) is 0 Å². The SMILES string of the molecule is CC(C)c1ccccc1-c1ccc2c(c1)c1c3c4ccccc4n4c5ccc(-c6ccccc6C(C)C)cc5c(c5c6ccccc6n2c51)c34. The largest absolute Gasteiger partial charge is 0.308 e. The monoisotopic (exact) mass is 640 g/mol. The molecule has 0 aliphatic carbocycles. The molecule has 7 aromatic carbocycles. The molecule has 0 aliphatic rings. The van der Waals surface area contributed by atoms with Crippen molar-refractivity contribution in [1.29, 1.82) is 0 Å². The molecule has 0 saturated carbocycles. The van der Waals surface area contributed by atoms with E-state index in [0.717, 1.165) is 0 Å². The van der Waals surface area contributed by atoms with Crippen LogP contribution >= 0.6 is 0 Å². The standard InChI is InChI=1S/C48H36N2/c1-27(2)31-13-5-7-15-33(31)29-21-23-41-37(25-29)45-43-35-17-9-12-20-40(35)50-42-24-22-30(34-16-8-6-14-32(34)28(3)4)26-38(42)46(48(43)50)44-36-18-10-11-19-39(36)49(41)47(44)45/h5-28H,1-4H3. The van der Waals surface area contributed by atoms with Gasteiger partial charge in [0.25, 0.3) is 0 Å². The maximum Gasteiger partial charge on any atom is 0.0634 e. The third kappa shape index (κ3) is 3.43. The van der Waals surface area contributed by atoms with Crippen molar-refractivity contribution in [2.24, 2.45) is 0 Å². The van der Waals surface area contributed by atoms with Gasteiger partial charge in [-0.05, 0) is 81.6 Å². The highest BCUT2D eigenvalue weighted by atomic mass is 14.9. The fraction of sp³-hybridized carbons (Fsp3) is 0.125. The molecule has 0 N–H and O–H groups in total. The van der Waals surface area contributed by atoms with Gasteiger partial charge in [0, 0.05) is 43.1 Å². The summed E-state index contributed by atoms with van der Waals surface area (Å²) in [5, 5.41) is 10.7. The molecule has 0 unspecified atom stereocenters. The highest BCUT2D eigenvalue weighted by molar-refractivity contribution is 6.45. The third-order valence-electron chi connectivity index (χ3n) is 11.5. The van der Waals surface area contributed by atoms with Crippen LogP contribution in [0, 0.1) is 0 Å². The van der Waals surface area contributed by atoms with Crippen LogP contribution in [-0.4, -0.2) is 8.80 Å². The molecule has 11 aromatic rings. The zero-order chi connectivity index (χ0) is 33.4. The van der Waals surface area contributed by atoms with Crippen LogP contribution in [0.4, 0.5) is 0 Å². The van der Waals surface area contributed by atoms with E-state index in [2.05, 4.69) is 170 Å². The molecule has 238 valence electrons. The first kappa shape index (κ1) is 28.0. The second kappa shape index (κ2) is 9.86. The highest BCUT2D eigenvalue weighted by Crippen LogP contribution is 2.52. The molecule has 0 aliphatic heterocycles. The van der Waals surface area contributed by atoms with Gasteiger partial charge in [-0.15, -0.1) is 0 Å². The maximum atomic E-state index is 2.56. The molecule has 0 spiro atoms. The summed E-state index contributed by atoms with van der Waals surface area (Å²) in [4.78, 5) is 0. The van der Waals surface area contributed by atoms with Crippen LogP contribution in [0.3, 0.4) is 0 Å². The maximum absolute atomic E-state index is 2.56. The summed E-state index contributed by atoms with van der Waals surface area (Å²) in [5.74, 6) is 0.885. The van der Waals surface area contributed by atoms with Crippen molar-refractivity contribution in [2.75, 3.05) is 0 Å². The minimum Gasteiger partial charge on any atom is -0.308 e. The van der Waals surface area contributed by atoms with E-state index in [9.17, 15) is 0 Å². The summed E-state index contributed by atoms with van der Waals surface area (Å²) >= 11 is 0. The fourth-order valence-corrected chi connectivity index (χ4v) is 9.45. The lowest BCUT2D eigenvalue weighted by Gasteiger charge is -2.13. The highest BCUT2D eigenvalue weighted by Gasteiger charge is 2.29. The normalized spacial score (nSPS) is 12.8. The molecule has 11 rings (SSSR count). The first-order valence-electron chi connectivity index (χ1n) is 18.0. The average Bonchev–Trinajstić information content (AvgIpc) is 3.87. The summed E-state index contributed by atoms with van der Waals surface area (Å²) in [7, 11) is 0. The second-order valence-electron chi connectivity index (χ2n) is 14.9. The van der Waals surface area contributed by atoms with E-state index >= 15 is 0 Å². The van der Waals surface area contributed by atoms with Gasteiger partial charge in [0.2, 0.25) is 0 Å². The van der Waals surface area contributed by atoms with E-state index in [0.29, 0.717) is 11.8 Å². The van der Waals surface area contributed by atoms with Crippen molar-refractivity contribution in [3.8, 4) is 22.3 Å². The molecule has 4 aromatic heterocycles. The van der Waals surface area contributed by atoms with Crippen LogP contribution < -0.4 is 0 Å². The van der Waals surface area contributed by atoms with Gasteiger partial charge in [-0.1, -0.05) is 125 Å². The molecular weight excluding hydrogens is 605 g/mol. The summed E-state index contributed by atoms with van der Waals surface area (Å²) in [5.41, 5.74) is 15.7. The quantitative estimate of drug-likeness (QED) is 0.181. The van der Waals surface area contributed by atoms with Gasteiger partial charge in [0.15, 0.2) is 0 Å². The zero-order valence-electron chi connectivity index (χ0n) is 28.8. The predicted octanol–water partition coefficient (Wildman–Crippen LogP) is 13.6. The Kier molecular flexibility index (Phi) is 5.53. The number of fused-ring (bicyclic) bond motifs is 14. The van der Waals surface area contributed by atoms with Gasteiger partial charge < -0.3 is 8.80 Å². The van der Waals surface area contributed by atoms with Gasteiger partial charge in [-0.25, -0.2) is 0 Å². The lowest BCUT2D eigenvalue weighted by molar-refractivity contribution is 0.869. The third-order valence-corrected chi connectivity index (χ3v) is 11.5. The van der Waals surface area contributed by atoms with Crippen molar-refractivity contribution < 1.29 is 0 Å². The number of para-hydroxylation sites is 2. The molecule has 4 heterocycles. The Morgan fingerprint density at radius 2 is 0.720 bits per heavy atom. The first-order chi connectivity index (χ1) is 24.5. The van der Waals surface area contributed by atoms with E-state index in [-0.39, 0.29) is 0 Å². The van der Waals surface area contributed by atoms with Gasteiger partial charge in [-0.3, -0.25) is 0 Å². The lowest BCUT2D eigenvalue weighted by Crippen LogP contribution is -1.92. The molecular formula is C48H36N2. The second-order valence-corrected chi connectivity index (χ2v) is 14.9. The molecule has 0 atom stereocenters. The van der Waals surface area contributed by atoms with Crippen LogP contribution in [0.1, 0.15) is 50.7 Å². The van der Waals surface area contributed by atoms with Gasteiger partial charge in [0.05, 0.1) is 33.1 Å². The fourth-order valence-electron chi connectivity index (χ4n) is 9.45. The Bertz CT molecular complexity index is 2930. The first-order valence-corrected chi connectivity index (χ1v) is 18.0. The lowest BCUT2D eigenvalue weighted by atomic mass is 9.91. The Morgan fingerprint density at radius 3 is 1.16 bits per heavy atom. The Hall–Kier alpha value is -5.86. The predicted molar refractivity (Wildman–Crippen MR) is 215 cm³/mol. The van der Waals surface area contributed by atoms with Gasteiger partial charge in [0.1, 0.15) is 0 Å². The van der Waals surface area contributed by atoms with Crippen molar-refractivity contribution in [1.82, 2.24) is 8.80 Å². The molecule has 0 radical (unpaired) electrons. The zero-order valence-corrected chi connectivity index (χ0v) is 28.8. The topological polar surface area (TPSA) is 8.82 Å². The van der Waals surface area contributed by atoms with Crippen LogP contribution in [0.2, 0.25) is 0 Å². The molecule has 0 bridgehead atoms. The molecule has 2 heteroatoms. The van der Waals surface area contributed by atoms with Crippen molar-refractivity contribution in [3.63, 3.8) is 0 Å². The summed E-state index contributed by atoms with van der Waals surface area (Å²) in [6.07, 6.45) is 0. The van der Waals surface area contributed by atoms with Gasteiger partial charge >= 0.3 is 0 Å². The number of rotatable bonds is 4. The average molecular weight is 641 g/mol. The number of aromatic nitrogens is 2. The minimum absolute atomic E-state index is 0.442. The van der Waals surface area contributed by atoms with E-state index in [1.807, 2.05) is 0 Å². The molecule has 0 amide bonds. The van der Waals surface area contributed by atoms with Crippen molar-refractivity contribution in [3.05, 3.63) is 145 Å². The number of hydrogen-bond donors (Lipinski definition) is 0. The number of nitrogens with zero attached hydrogens (tertiary/aromatic N) is 2. The van der Waals surface area contributed by atoms with Crippen LogP contribution in [0.15, 0.2) is 133 Å². The van der Waals surface area contributed by atoms with E-state index < -0.39 is 0 Å².